The summed E-state index contributed by atoms with van der Waals surface area (Å²) in [6.45, 7) is 3.27. The molecule has 4 heterocycles. The smallest absolute Gasteiger partial charge is 0.163 e. The summed E-state index contributed by atoms with van der Waals surface area (Å²) in [6.07, 6.45) is 5.40. The number of hydrogen-bond acceptors (Lipinski definition) is 8. The van der Waals surface area contributed by atoms with Crippen molar-refractivity contribution in [3.63, 3.8) is 0 Å². The fourth-order valence-corrected chi connectivity index (χ4v) is 6.83. The maximum absolute atomic E-state index is 15.0. The Morgan fingerprint density at radius 2 is 1.98 bits per heavy atom. The second-order valence-corrected chi connectivity index (χ2v) is 12.2. The van der Waals surface area contributed by atoms with Gasteiger partial charge >= 0.3 is 0 Å². The number of nitrogens with zero attached hydrogens (tertiary/aromatic N) is 4. The zero-order valence-electron chi connectivity index (χ0n) is 24.3. The number of carbonyl (C=O) groups is 2. The van der Waals surface area contributed by atoms with Crippen LogP contribution in [-0.2, 0) is 24.3 Å². The number of aromatic nitrogens is 2. The number of benzene rings is 2. The maximum Gasteiger partial charge on any atom is 0.163 e. The highest BCUT2D eigenvalue weighted by Gasteiger charge is 2.35. The number of aliphatic imine (C=N–C) groups is 1. The van der Waals surface area contributed by atoms with Gasteiger partial charge in [0.15, 0.2) is 11.6 Å². The van der Waals surface area contributed by atoms with E-state index in [2.05, 4.69) is 9.97 Å². The third-order valence-electron chi connectivity index (χ3n) is 8.36. The Bertz CT molecular complexity index is 1690. The van der Waals surface area contributed by atoms with Crippen LogP contribution in [0.2, 0.25) is 0 Å². The summed E-state index contributed by atoms with van der Waals surface area (Å²) >= 11 is 1.46. The number of fused-ring (bicyclic) bond motifs is 1. The molecule has 7 nitrogen and oxygen atoms in total. The number of ether oxygens (including phenoxy) is 1. The van der Waals surface area contributed by atoms with E-state index in [1.165, 1.54) is 24.5 Å². The lowest BCUT2D eigenvalue weighted by molar-refractivity contribution is -0.125. The minimum atomic E-state index is -0.387. The van der Waals surface area contributed by atoms with Crippen molar-refractivity contribution < 1.29 is 18.7 Å². The lowest BCUT2D eigenvalue weighted by atomic mass is 9.85. The van der Waals surface area contributed by atoms with Gasteiger partial charge in [-0.3, -0.25) is 24.5 Å². The lowest BCUT2D eigenvalue weighted by Crippen LogP contribution is -2.48. The monoisotopic (exact) mass is 596 g/mol. The highest BCUT2D eigenvalue weighted by atomic mass is 32.1. The lowest BCUT2D eigenvalue weighted by Gasteiger charge is -2.39. The first-order valence-electron chi connectivity index (χ1n) is 14.5. The van der Waals surface area contributed by atoms with E-state index in [-0.39, 0.29) is 42.3 Å². The number of aryl methyl sites for hydroxylation is 1. The largest absolute Gasteiger partial charge is 0.496 e. The number of likely N-dealkylation sites (tertiary alicyclic amines) is 1. The Kier molecular flexibility index (Phi) is 8.54. The number of thiazole rings is 1. The van der Waals surface area contributed by atoms with E-state index in [1.54, 1.807) is 24.5 Å². The molecule has 0 radical (unpaired) electrons. The fraction of sp³-hybridized carbons (Fsp3) is 0.324. The van der Waals surface area contributed by atoms with Gasteiger partial charge in [0, 0.05) is 65.2 Å². The number of rotatable bonds is 10. The van der Waals surface area contributed by atoms with Crippen LogP contribution in [0.1, 0.15) is 62.6 Å². The van der Waals surface area contributed by atoms with E-state index in [0.29, 0.717) is 42.8 Å². The molecule has 0 unspecified atom stereocenters. The summed E-state index contributed by atoms with van der Waals surface area (Å²) in [4.78, 5) is 42.4. The number of Topliss-reactive ketones (excluding diaryl/α,β-unsaturated/α-hetero) is 2. The predicted molar refractivity (Wildman–Crippen MR) is 164 cm³/mol. The third-order valence-corrected chi connectivity index (χ3v) is 9.14. The van der Waals surface area contributed by atoms with Crippen LogP contribution in [0.3, 0.4) is 0 Å². The molecule has 1 fully saturated rings. The number of piperidine rings is 1. The Morgan fingerprint density at radius 3 is 2.77 bits per heavy atom. The van der Waals surface area contributed by atoms with Gasteiger partial charge in [0.05, 0.1) is 36.8 Å². The molecule has 0 N–H and O–H groups in total. The Hall–Kier alpha value is -4.08. The van der Waals surface area contributed by atoms with Crippen molar-refractivity contribution >= 4 is 28.6 Å². The van der Waals surface area contributed by atoms with Gasteiger partial charge in [0.25, 0.3) is 0 Å². The summed E-state index contributed by atoms with van der Waals surface area (Å²) in [7, 11) is 1.52. The second-order valence-electron chi connectivity index (χ2n) is 11.2. The SMILES string of the molecule is COc1cccc(F)c1CN1C[C@H](CC(=O)c2ccc3c(c2)C(c2ccnc(C)c2)=NC3)CC[C@H]1C(=O)Cc1nccs1. The average Bonchev–Trinajstić information content (AvgIpc) is 3.68. The van der Waals surface area contributed by atoms with E-state index in [4.69, 9.17) is 9.73 Å². The van der Waals surface area contributed by atoms with Crippen molar-refractivity contribution in [1.82, 2.24) is 14.9 Å². The molecule has 1 saturated heterocycles. The van der Waals surface area contributed by atoms with Crippen LogP contribution in [0.15, 0.2) is 71.3 Å². The summed E-state index contributed by atoms with van der Waals surface area (Å²) in [5, 5.41) is 2.63. The first-order chi connectivity index (χ1) is 20.9. The first kappa shape index (κ1) is 29.0. The van der Waals surface area contributed by atoms with E-state index < -0.39 is 0 Å². The Labute approximate surface area is 254 Å². The molecule has 2 aliphatic heterocycles. The van der Waals surface area contributed by atoms with Crippen LogP contribution < -0.4 is 4.74 Å². The van der Waals surface area contributed by atoms with Crippen LogP contribution in [0.25, 0.3) is 0 Å². The van der Waals surface area contributed by atoms with Crippen molar-refractivity contribution in [2.75, 3.05) is 13.7 Å². The molecule has 0 spiro atoms. The van der Waals surface area contributed by atoms with Gasteiger partial charge in [-0.05, 0) is 61.6 Å². The van der Waals surface area contributed by atoms with Crippen LogP contribution in [-0.4, -0.2) is 51.8 Å². The highest BCUT2D eigenvalue weighted by molar-refractivity contribution is 7.09. The van der Waals surface area contributed by atoms with Gasteiger partial charge in [-0.25, -0.2) is 9.37 Å². The zero-order valence-corrected chi connectivity index (χ0v) is 25.1. The third kappa shape index (κ3) is 6.33. The average molecular weight is 597 g/mol. The van der Waals surface area contributed by atoms with E-state index >= 15 is 0 Å². The first-order valence-corrected chi connectivity index (χ1v) is 15.4. The van der Waals surface area contributed by atoms with E-state index in [9.17, 15) is 14.0 Å². The molecule has 9 heteroatoms. The number of methoxy groups -OCH3 is 1. The van der Waals surface area contributed by atoms with E-state index in [0.717, 1.165) is 39.5 Å². The van der Waals surface area contributed by atoms with Crippen LogP contribution in [0.5, 0.6) is 5.75 Å². The summed E-state index contributed by atoms with van der Waals surface area (Å²) in [5.41, 5.74) is 5.96. The quantitative estimate of drug-likeness (QED) is 0.209. The van der Waals surface area contributed by atoms with Crippen molar-refractivity contribution in [1.29, 1.82) is 0 Å². The number of pyridine rings is 1. The second kappa shape index (κ2) is 12.7. The number of carbonyl (C=O) groups excluding carboxylic acids is 2. The van der Waals surface area contributed by atoms with Gasteiger partial charge in [-0.1, -0.05) is 18.2 Å². The van der Waals surface area contributed by atoms with Crippen molar-refractivity contribution in [2.24, 2.45) is 10.9 Å². The standard InChI is InChI=1S/C34H33FN4O3S/c1-21-14-24(10-11-36-21)34-26-16-23(7-8-25(26)18-38-34)30(40)15-22-6-9-29(31(41)17-33-37-12-13-43-33)39(19-22)20-27-28(35)4-3-5-32(27)42-2/h3-5,7-8,10-14,16,22,29H,6,9,15,17-20H2,1-2H3/t22-,29-/m0/s1. The van der Waals surface area contributed by atoms with E-state index in [1.807, 2.05) is 47.5 Å². The number of hydrogen-bond donors (Lipinski definition) is 0. The van der Waals surface area contributed by atoms with Gasteiger partial charge in [0.2, 0.25) is 0 Å². The molecule has 2 aromatic carbocycles. The molecule has 6 rings (SSSR count). The Morgan fingerprint density at radius 1 is 1.09 bits per heavy atom. The minimum absolute atomic E-state index is 0.0263. The zero-order chi connectivity index (χ0) is 29.9. The fourth-order valence-electron chi connectivity index (χ4n) is 6.20. The van der Waals surface area contributed by atoms with Crippen LogP contribution in [0.4, 0.5) is 4.39 Å². The molecule has 0 saturated carbocycles. The number of ketones is 2. The predicted octanol–water partition coefficient (Wildman–Crippen LogP) is 6.01. The summed E-state index contributed by atoms with van der Waals surface area (Å²) in [6, 6.07) is 14.2. The van der Waals surface area contributed by atoms with Crippen LogP contribution in [0, 0.1) is 18.7 Å². The maximum atomic E-state index is 15.0. The number of halogens is 1. The molecular formula is C34H33FN4O3S. The molecule has 43 heavy (non-hydrogen) atoms. The normalized spacial score (nSPS) is 18.3. The molecule has 2 aromatic heterocycles. The molecule has 2 atom stereocenters. The molecule has 220 valence electrons. The summed E-state index contributed by atoms with van der Waals surface area (Å²) < 4.78 is 20.4. The topological polar surface area (TPSA) is 84.8 Å². The molecule has 0 amide bonds. The van der Waals surface area contributed by atoms with Crippen molar-refractivity contribution in [2.45, 2.75) is 51.7 Å². The van der Waals surface area contributed by atoms with Crippen LogP contribution >= 0.6 is 11.3 Å². The van der Waals surface area contributed by atoms with Crippen molar-refractivity contribution in [3.05, 3.63) is 111 Å². The highest BCUT2D eigenvalue weighted by Crippen LogP contribution is 2.32. The van der Waals surface area contributed by atoms with Gasteiger partial charge in [-0.2, -0.15) is 0 Å². The molecule has 4 aromatic rings. The molecule has 0 aliphatic carbocycles. The summed E-state index contributed by atoms with van der Waals surface area (Å²) in [5.74, 6) is 0.221. The molecule has 2 aliphatic rings. The molecular weight excluding hydrogens is 563 g/mol. The van der Waals surface area contributed by atoms with Gasteiger partial charge < -0.3 is 4.74 Å². The van der Waals surface area contributed by atoms with Gasteiger partial charge in [-0.15, -0.1) is 11.3 Å². The Balaban J connectivity index is 1.20. The minimum Gasteiger partial charge on any atom is -0.496 e. The molecule has 0 bridgehead atoms. The van der Waals surface area contributed by atoms with Crippen molar-refractivity contribution in [3.8, 4) is 5.75 Å². The van der Waals surface area contributed by atoms with Gasteiger partial charge in [0.1, 0.15) is 11.6 Å².